The molecule has 0 spiro atoms. The van der Waals surface area contributed by atoms with Crippen molar-refractivity contribution in [3.8, 4) is 17.0 Å². The van der Waals surface area contributed by atoms with Crippen molar-refractivity contribution in [3.63, 3.8) is 0 Å². The van der Waals surface area contributed by atoms with Crippen molar-refractivity contribution in [2.45, 2.75) is 45.6 Å². The monoisotopic (exact) mass is 466 g/mol. The lowest BCUT2D eigenvalue weighted by Gasteiger charge is -2.25. The fourth-order valence-electron chi connectivity index (χ4n) is 3.68. The highest BCUT2D eigenvalue weighted by Crippen LogP contribution is 2.39. The van der Waals surface area contributed by atoms with Crippen molar-refractivity contribution >= 4 is 29.2 Å². The third-order valence-electron chi connectivity index (χ3n) is 5.91. The Morgan fingerprint density at radius 3 is 2.61 bits per heavy atom. The van der Waals surface area contributed by atoms with Gasteiger partial charge >= 0.3 is 6.03 Å². The molecule has 0 unspecified atom stereocenters. The molecule has 172 valence electrons. The molecule has 0 saturated heterocycles. The standard InChI is InChI=1S/C25H27ClN4O3/c1-15(2)24(32)28-18-10-11-23(31)19(12-18)21-13-22(16-7-5-8-16)30(29-21)25(33)27-14-17-6-3-4-9-20(17)26/h3-4,6,9-13,15-16,31H,5,7-8,14H2,1-2H3,(H,27,33)(H,28,32). The molecule has 0 atom stereocenters. The maximum Gasteiger partial charge on any atom is 0.342 e. The SMILES string of the molecule is CC(C)C(=O)Nc1ccc(O)c(-c2cc(C3CCC3)n(C(=O)NCc3ccccc3Cl)n2)c1. The third-order valence-corrected chi connectivity index (χ3v) is 6.27. The summed E-state index contributed by atoms with van der Waals surface area (Å²) in [4.78, 5) is 25.1. The van der Waals surface area contributed by atoms with Crippen molar-refractivity contribution in [2.75, 3.05) is 5.32 Å². The molecule has 1 saturated carbocycles. The Bertz CT molecular complexity index is 1180. The lowest BCUT2D eigenvalue weighted by molar-refractivity contribution is -0.118. The van der Waals surface area contributed by atoms with Gasteiger partial charge in [-0.25, -0.2) is 4.79 Å². The molecule has 1 heterocycles. The van der Waals surface area contributed by atoms with E-state index in [4.69, 9.17) is 11.6 Å². The average Bonchev–Trinajstić information content (AvgIpc) is 3.17. The predicted molar refractivity (Wildman–Crippen MR) is 128 cm³/mol. The number of hydrogen-bond donors (Lipinski definition) is 3. The van der Waals surface area contributed by atoms with Gasteiger partial charge in [0.05, 0.1) is 11.4 Å². The molecular formula is C25H27ClN4O3. The van der Waals surface area contributed by atoms with Gasteiger partial charge in [0.1, 0.15) is 5.75 Å². The fourth-order valence-corrected chi connectivity index (χ4v) is 3.88. The summed E-state index contributed by atoms with van der Waals surface area (Å²) in [6.07, 6.45) is 3.08. The van der Waals surface area contributed by atoms with E-state index in [1.807, 2.05) is 38.1 Å². The Labute approximate surface area is 197 Å². The number of phenolic OH excluding ortho intramolecular Hbond substituents is 1. The minimum Gasteiger partial charge on any atom is -0.507 e. The number of aromatic nitrogens is 2. The Hall–Kier alpha value is -3.32. The summed E-state index contributed by atoms with van der Waals surface area (Å²) in [7, 11) is 0. The summed E-state index contributed by atoms with van der Waals surface area (Å²) in [6.45, 7) is 3.90. The molecule has 1 aromatic heterocycles. The van der Waals surface area contributed by atoms with Crippen LogP contribution in [0.2, 0.25) is 5.02 Å². The van der Waals surface area contributed by atoms with Crippen LogP contribution in [-0.4, -0.2) is 26.8 Å². The van der Waals surface area contributed by atoms with Crippen LogP contribution in [0.4, 0.5) is 10.5 Å². The molecule has 0 aliphatic heterocycles. The number of carbonyl (C=O) groups excluding carboxylic acids is 2. The molecule has 8 heteroatoms. The molecule has 33 heavy (non-hydrogen) atoms. The second kappa shape index (κ2) is 9.67. The molecule has 2 amide bonds. The molecule has 0 radical (unpaired) electrons. The predicted octanol–water partition coefficient (Wildman–Crippen LogP) is 5.53. The number of hydrogen-bond acceptors (Lipinski definition) is 4. The maximum atomic E-state index is 13.0. The topological polar surface area (TPSA) is 96.2 Å². The number of aromatic hydroxyl groups is 1. The highest BCUT2D eigenvalue weighted by Gasteiger charge is 2.27. The third kappa shape index (κ3) is 5.03. The first kappa shape index (κ1) is 22.9. The van der Waals surface area contributed by atoms with Crippen LogP contribution in [0.25, 0.3) is 11.3 Å². The fraction of sp³-hybridized carbons (Fsp3) is 0.320. The van der Waals surface area contributed by atoms with Gasteiger partial charge in [-0.15, -0.1) is 0 Å². The zero-order valence-electron chi connectivity index (χ0n) is 18.6. The first-order valence-corrected chi connectivity index (χ1v) is 11.5. The molecule has 7 nitrogen and oxygen atoms in total. The molecular weight excluding hydrogens is 440 g/mol. The first-order valence-electron chi connectivity index (χ1n) is 11.1. The number of anilines is 1. The van der Waals surface area contributed by atoms with Crippen LogP contribution in [0.3, 0.4) is 0 Å². The second-order valence-corrected chi connectivity index (χ2v) is 9.03. The van der Waals surface area contributed by atoms with Crippen molar-refractivity contribution < 1.29 is 14.7 Å². The first-order chi connectivity index (χ1) is 15.8. The van der Waals surface area contributed by atoms with Gasteiger partial charge < -0.3 is 15.7 Å². The summed E-state index contributed by atoms with van der Waals surface area (Å²) in [5.41, 5.74) is 3.11. The van der Waals surface area contributed by atoms with Crippen LogP contribution in [0.5, 0.6) is 5.75 Å². The number of benzene rings is 2. The number of phenols is 1. The van der Waals surface area contributed by atoms with Gasteiger partial charge in [-0.1, -0.05) is 50.1 Å². The molecule has 3 N–H and O–H groups in total. The smallest absolute Gasteiger partial charge is 0.342 e. The zero-order valence-corrected chi connectivity index (χ0v) is 19.4. The van der Waals surface area contributed by atoms with Crippen molar-refractivity contribution in [1.82, 2.24) is 15.1 Å². The summed E-state index contributed by atoms with van der Waals surface area (Å²) in [5.74, 6) is -0.0260. The van der Waals surface area contributed by atoms with Crippen molar-refractivity contribution in [2.24, 2.45) is 5.92 Å². The minimum atomic E-state index is -0.355. The summed E-state index contributed by atoms with van der Waals surface area (Å²) in [5, 5.41) is 21.3. The summed E-state index contributed by atoms with van der Waals surface area (Å²) in [6, 6.07) is 13.7. The Morgan fingerprint density at radius 2 is 1.94 bits per heavy atom. The van der Waals surface area contributed by atoms with Crippen LogP contribution in [0, 0.1) is 5.92 Å². The van der Waals surface area contributed by atoms with E-state index in [1.165, 1.54) is 10.7 Å². The molecule has 1 aliphatic rings. The lowest BCUT2D eigenvalue weighted by atomic mass is 9.82. The van der Waals surface area contributed by atoms with E-state index in [-0.39, 0.29) is 36.1 Å². The Kier molecular flexibility index (Phi) is 6.70. The van der Waals surface area contributed by atoms with Crippen LogP contribution in [0.1, 0.15) is 50.3 Å². The zero-order chi connectivity index (χ0) is 23.5. The van der Waals surface area contributed by atoms with E-state index >= 15 is 0 Å². The maximum absolute atomic E-state index is 13.0. The van der Waals surface area contributed by atoms with Crippen LogP contribution in [-0.2, 0) is 11.3 Å². The van der Waals surface area contributed by atoms with Crippen LogP contribution >= 0.6 is 11.6 Å². The number of carbonyl (C=O) groups is 2. The van der Waals surface area contributed by atoms with Gasteiger partial charge in [0.2, 0.25) is 5.91 Å². The van der Waals surface area contributed by atoms with E-state index in [0.717, 1.165) is 30.5 Å². The van der Waals surface area contributed by atoms with Gasteiger partial charge in [-0.3, -0.25) is 4.79 Å². The van der Waals surface area contributed by atoms with Crippen molar-refractivity contribution in [1.29, 1.82) is 0 Å². The van der Waals surface area contributed by atoms with Gasteiger partial charge in [0, 0.05) is 34.7 Å². The molecule has 3 aromatic rings. The van der Waals surface area contributed by atoms with Gasteiger partial charge in [0.25, 0.3) is 0 Å². The second-order valence-electron chi connectivity index (χ2n) is 8.62. The highest BCUT2D eigenvalue weighted by molar-refractivity contribution is 6.31. The van der Waals surface area contributed by atoms with Crippen molar-refractivity contribution in [3.05, 3.63) is 64.8 Å². The molecule has 0 bridgehead atoms. The molecule has 1 aliphatic carbocycles. The van der Waals surface area contributed by atoms with E-state index in [9.17, 15) is 14.7 Å². The van der Waals surface area contributed by atoms with Crippen LogP contribution in [0.15, 0.2) is 48.5 Å². The van der Waals surface area contributed by atoms with E-state index in [1.54, 1.807) is 18.2 Å². The van der Waals surface area contributed by atoms with E-state index < -0.39 is 0 Å². The number of rotatable bonds is 6. The normalized spacial score (nSPS) is 13.6. The number of nitrogens with one attached hydrogen (secondary N) is 2. The molecule has 2 aromatic carbocycles. The van der Waals surface area contributed by atoms with Gasteiger partial charge in [0.15, 0.2) is 0 Å². The minimum absolute atomic E-state index is 0.0267. The van der Waals surface area contributed by atoms with Gasteiger partial charge in [-0.2, -0.15) is 9.78 Å². The number of amides is 2. The lowest BCUT2D eigenvalue weighted by Crippen LogP contribution is -2.31. The summed E-state index contributed by atoms with van der Waals surface area (Å²) >= 11 is 6.21. The van der Waals surface area contributed by atoms with E-state index in [2.05, 4.69) is 15.7 Å². The Balaban J connectivity index is 1.62. The highest BCUT2D eigenvalue weighted by atomic mass is 35.5. The quantitative estimate of drug-likeness (QED) is 0.416. The van der Waals surface area contributed by atoms with Gasteiger partial charge in [-0.05, 0) is 48.7 Å². The average molecular weight is 467 g/mol. The van der Waals surface area contributed by atoms with Crippen LogP contribution < -0.4 is 10.6 Å². The molecule has 4 rings (SSSR count). The Morgan fingerprint density at radius 1 is 1.18 bits per heavy atom. The number of nitrogens with zero attached hydrogens (tertiary/aromatic N) is 2. The number of halogens is 1. The van der Waals surface area contributed by atoms with E-state index in [0.29, 0.717) is 22.0 Å². The molecule has 1 fully saturated rings. The summed E-state index contributed by atoms with van der Waals surface area (Å²) < 4.78 is 1.38. The largest absolute Gasteiger partial charge is 0.507 e.